The first kappa shape index (κ1) is 21.2. The molecule has 154 valence electrons. The molecule has 0 saturated heterocycles. The zero-order valence-corrected chi connectivity index (χ0v) is 17.9. The van der Waals surface area contributed by atoms with Crippen LogP contribution in [0.4, 0.5) is 5.95 Å². The molecule has 3 rings (SSSR count). The molecule has 1 aliphatic carbocycles. The number of methoxy groups -OCH3 is 2. The summed E-state index contributed by atoms with van der Waals surface area (Å²) in [6, 6.07) is 1.61. The minimum atomic E-state index is 0.172. The van der Waals surface area contributed by atoms with Crippen molar-refractivity contribution in [2.75, 3.05) is 26.5 Å². The maximum absolute atomic E-state index is 12.0. The predicted molar refractivity (Wildman–Crippen MR) is 114 cm³/mol. The van der Waals surface area contributed by atoms with E-state index in [4.69, 9.17) is 38.4 Å². The first-order chi connectivity index (χ1) is 13.9. The summed E-state index contributed by atoms with van der Waals surface area (Å²) in [5.74, 6) is 1.38. The molecule has 0 bridgehead atoms. The molecule has 0 unspecified atom stereocenters. The van der Waals surface area contributed by atoms with E-state index in [0.29, 0.717) is 46.5 Å². The first-order valence-corrected chi connectivity index (χ1v) is 9.78. The fourth-order valence-electron chi connectivity index (χ4n) is 2.97. The van der Waals surface area contributed by atoms with Gasteiger partial charge in [-0.15, -0.1) is 0 Å². The minimum Gasteiger partial charge on any atom is -0.495 e. The van der Waals surface area contributed by atoms with E-state index in [0.717, 1.165) is 19.3 Å². The number of benzene rings is 1. The topological polar surface area (TPSA) is 90.6 Å². The highest BCUT2D eigenvalue weighted by atomic mass is 35.5. The Morgan fingerprint density at radius 2 is 1.90 bits per heavy atom. The van der Waals surface area contributed by atoms with Gasteiger partial charge in [0.2, 0.25) is 12.4 Å². The Bertz CT molecular complexity index is 933. The van der Waals surface area contributed by atoms with Crippen LogP contribution >= 0.6 is 23.2 Å². The molecule has 1 aliphatic rings. The lowest BCUT2D eigenvalue weighted by Crippen LogP contribution is -2.23. The summed E-state index contributed by atoms with van der Waals surface area (Å²) in [6.07, 6.45) is 6.29. The molecule has 0 atom stereocenters. The number of amides is 1. The molecule has 1 heterocycles. The number of aryl methyl sites for hydroxylation is 1. The Kier molecular flexibility index (Phi) is 6.49. The third kappa shape index (κ3) is 4.57. The van der Waals surface area contributed by atoms with Gasteiger partial charge in [-0.05, 0) is 31.8 Å². The Hall–Kier alpha value is -2.51. The number of hydrogen-bond donors (Lipinski definition) is 1. The van der Waals surface area contributed by atoms with Crippen LogP contribution in [0.2, 0.25) is 10.0 Å². The quantitative estimate of drug-likeness (QED) is 0.627. The van der Waals surface area contributed by atoms with Crippen LogP contribution < -0.4 is 15.2 Å². The normalized spacial score (nSPS) is 13.9. The molecule has 1 aromatic heterocycles. The summed E-state index contributed by atoms with van der Waals surface area (Å²) in [5, 5.41) is 0.558. The highest BCUT2D eigenvalue weighted by Gasteiger charge is 2.29. The smallest absolute Gasteiger partial charge is 0.220 e. The van der Waals surface area contributed by atoms with E-state index in [1.165, 1.54) is 14.2 Å². The predicted octanol–water partition coefficient (Wildman–Crippen LogP) is 4.06. The molecular formula is C20H22Cl2N4O3. The molecule has 1 aromatic carbocycles. The van der Waals surface area contributed by atoms with Crippen LogP contribution in [0.1, 0.15) is 29.7 Å². The van der Waals surface area contributed by atoms with E-state index >= 15 is 0 Å². The molecule has 2 N–H and O–H groups in total. The van der Waals surface area contributed by atoms with Crippen LogP contribution in [0, 0.1) is 12.8 Å². The fourth-order valence-corrected chi connectivity index (χ4v) is 3.66. The second-order valence-corrected chi connectivity index (χ2v) is 7.54. The van der Waals surface area contributed by atoms with Crippen LogP contribution in [0.5, 0.6) is 11.5 Å². The molecular weight excluding hydrogens is 415 g/mol. The van der Waals surface area contributed by atoms with Crippen LogP contribution in [-0.4, -0.2) is 42.0 Å². The second kappa shape index (κ2) is 8.88. The third-order valence-corrected chi connectivity index (χ3v) is 5.50. The van der Waals surface area contributed by atoms with Crippen molar-refractivity contribution in [2.24, 2.45) is 5.92 Å². The van der Waals surface area contributed by atoms with Crippen molar-refractivity contribution in [1.82, 2.24) is 14.9 Å². The summed E-state index contributed by atoms with van der Waals surface area (Å²) in [6.45, 7) is 2.36. The van der Waals surface area contributed by atoms with E-state index in [1.807, 2.05) is 6.92 Å². The molecule has 0 aliphatic heterocycles. The van der Waals surface area contributed by atoms with Gasteiger partial charge >= 0.3 is 0 Å². The van der Waals surface area contributed by atoms with Gasteiger partial charge in [0.15, 0.2) is 0 Å². The maximum Gasteiger partial charge on any atom is 0.220 e. The number of nitrogens with two attached hydrogens (primary N) is 1. The van der Waals surface area contributed by atoms with Crippen molar-refractivity contribution in [1.29, 1.82) is 0 Å². The Labute approximate surface area is 179 Å². The molecule has 29 heavy (non-hydrogen) atoms. The van der Waals surface area contributed by atoms with Crippen LogP contribution in [-0.2, 0) is 4.79 Å². The Balaban J connectivity index is 2.25. The number of carbonyl (C=O) groups is 1. The van der Waals surface area contributed by atoms with Gasteiger partial charge < -0.3 is 20.1 Å². The number of hydrogen-bond acceptors (Lipinski definition) is 6. The molecule has 1 saturated carbocycles. The van der Waals surface area contributed by atoms with Gasteiger partial charge in [-0.3, -0.25) is 4.79 Å². The number of ether oxygens (including phenoxy) is 2. The third-order valence-electron chi connectivity index (χ3n) is 4.75. The number of aromatic nitrogens is 2. The average Bonchev–Trinajstić information content (AvgIpc) is 3.51. The van der Waals surface area contributed by atoms with Crippen LogP contribution in [0.15, 0.2) is 12.3 Å². The molecule has 7 nitrogen and oxygen atoms in total. The molecule has 0 radical (unpaired) electrons. The van der Waals surface area contributed by atoms with E-state index in [2.05, 4.69) is 9.97 Å². The largest absolute Gasteiger partial charge is 0.495 e. The number of halogens is 2. The lowest BCUT2D eigenvalue weighted by atomic mass is 10.1. The van der Waals surface area contributed by atoms with E-state index in [-0.39, 0.29) is 16.0 Å². The maximum atomic E-state index is 12.0. The first-order valence-electron chi connectivity index (χ1n) is 9.02. The summed E-state index contributed by atoms with van der Waals surface area (Å²) in [4.78, 5) is 21.9. The van der Waals surface area contributed by atoms with Crippen LogP contribution in [0.3, 0.4) is 0 Å². The monoisotopic (exact) mass is 436 g/mol. The van der Waals surface area contributed by atoms with Gasteiger partial charge in [0.1, 0.15) is 11.5 Å². The number of carbonyl (C=O) groups excluding carboxylic acids is 1. The highest BCUT2D eigenvalue weighted by molar-refractivity contribution is 6.39. The molecule has 9 heteroatoms. The van der Waals surface area contributed by atoms with Crippen LogP contribution in [0.25, 0.3) is 11.8 Å². The van der Waals surface area contributed by atoms with Crippen molar-refractivity contribution in [3.05, 3.63) is 39.1 Å². The van der Waals surface area contributed by atoms with Gasteiger partial charge in [-0.25, -0.2) is 9.97 Å². The average molecular weight is 437 g/mol. The van der Waals surface area contributed by atoms with Gasteiger partial charge in [0.05, 0.1) is 35.7 Å². The zero-order valence-electron chi connectivity index (χ0n) is 16.4. The van der Waals surface area contributed by atoms with Gasteiger partial charge in [-0.1, -0.05) is 23.2 Å². The van der Waals surface area contributed by atoms with E-state index in [9.17, 15) is 4.79 Å². The van der Waals surface area contributed by atoms with Crippen molar-refractivity contribution < 1.29 is 14.3 Å². The summed E-state index contributed by atoms with van der Waals surface area (Å²) in [5.41, 5.74) is 7.96. The fraction of sp³-hybridized carbons (Fsp3) is 0.350. The summed E-state index contributed by atoms with van der Waals surface area (Å²) >= 11 is 13.2. The van der Waals surface area contributed by atoms with E-state index < -0.39 is 0 Å². The lowest BCUT2D eigenvalue weighted by molar-refractivity contribution is -0.115. The second-order valence-electron chi connectivity index (χ2n) is 6.78. The van der Waals surface area contributed by atoms with Gasteiger partial charge in [0.25, 0.3) is 0 Å². The minimum absolute atomic E-state index is 0.172. The molecule has 1 fully saturated rings. The standard InChI is InChI=1S/C20H22Cl2N4O3/c1-11-13(8-24-20(23)25-11)6-14(26(10-27)9-12-4-5-12)17-18(21)15(28-2)7-16(29-3)19(17)22/h6-8,10,12H,4-5,9H2,1-3H3,(H2,23,24,25)/b14-6-. The van der Waals surface area contributed by atoms with Crippen molar-refractivity contribution in [3.8, 4) is 11.5 Å². The Morgan fingerprint density at radius 3 is 2.38 bits per heavy atom. The number of rotatable bonds is 8. The lowest BCUT2D eigenvalue weighted by Gasteiger charge is -2.25. The van der Waals surface area contributed by atoms with Gasteiger partial charge in [-0.2, -0.15) is 0 Å². The Morgan fingerprint density at radius 1 is 1.28 bits per heavy atom. The van der Waals surface area contributed by atoms with Gasteiger partial charge in [0, 0.05) is 29.9 Å². The zero-order chi connectivity index (χ0) is 21.1. The van der Waals surface area contributed by atoms with Crippen molar-refractivity contribution in [2.45, 2.75) is 19.8 Å². The summed E-state index contributed by atoms with van der Waals surface area (Å²) < 4.78 is 10.8. The number of nitrogen functional groups attached to an aromatic ring is 1. The van der Waals surface area contributed by atoms with Crippen molar-refractivity contribution in [3.63, 3.8) is 0 Å². The highest BCUT2D eigenvalue weighted by Crippen LogP contribution is 2.45. The molecule has 2 aromatic rings. The number of anilines is 1. The van der Waals surface area contributed by atoms with E-state index in [1.54, 1.807) is 23.2 Å². The number of nitrogens with zero attached hydrogens (tertiary/aromatic N) is 3. The van der Waals surface area contributed by atoms with Crippen molar-refractivity contribution >= 4 is 47.3 Å². The summed E-state index contributed by atoms with van der Waals surface area (Å²) in [7, 11) is 3.00. The SMILES string of the molecule is COc1cc(OC)c(Cl)c(/C(=C/c2cnc(N)nc2C)N(C=O)CC2CC2)c1Cl. The molecule has 1 amide bonds. The molecule has 0 spiro atoms.